The maximum Gasteiger partial charge on any atom is 0.341 e. The lowest BCUT2D eigenvalue weighted by molar-refractivity contribution is -0.384. The number of amides is 1. The first-order valence-corrected chi connectivity index (χ1v) is 3.89. The molecule has 1 aromatic carbocycles. The number of anilines is 1. The molecule has 7 nitrogen and oxygen atoms in total. The highest BCUT2D eigenvalue weighted by Crippen LogP contribution is 2.29. The zero-order valence-electron chi connectivity index (χ0n) is 7.64. The number of rotatable bonds is 4. The zero-order chi connectivity index (χ0) is 12.3. The summed E-state index contributed by atoms with van der Waals surface area (Å²) < 4.78 is 13.1. The van der Waals surface area contributed by atoms with Crippen molar-refractivity contribution in [1.29, 1.82) is 0 Å². The van der Waals surface area contributed by atoms with Gasteiger partial charge in [-0.2, -0.15) is 0 Å². The predicted molar refractivity (Wildman–Crippen MR) is 49.7 cm³/mol. The number of halogens is 1. The van der Waals surface area contributed by atoms with Crippen LogP contribution in [-0.2, 0) is 4.79 Å². The van der Waals surface area contributed by atoms with Crippen molar-refractivity contribution in [2.24, 2.45) is 0 Å². The van der Waals surface area contributed by atoms with Gasteiger partial charge in [0.1, 0.15) is 17.1 Å². The Balaban J connectivity index is 3.55. The molecule has 0 aliphatic carbocycles. The molecule has 8 heteroatoms. The number of nitrogens with one attached hydrogen (secondary N) is 1. The molecular formula is C8H5FN2O5. The van der Waals surface area contributed by atoms with Crippen molar-refractivity contribution < 1.29 is 24.0 Å². The van der Waals surface area contributed by atoms with Gasteiger partial charge in [-0.3, -0.25) is 14.9 Å². The third-order valence-corrected chi connectivity index (χ3v) is 1.75. The van der Waals surface area contributed by atoms with Gasteiger partial charge >= 0.3 is 5.97 Å². The quantitative estimate of drug-likeness (QED) is 0.453. The van der Waals surface area contributed by atoms with Crippen LogP contribution in [0, 0.1) is 15.9 Å². The lowest BCUT2D eigenvalue weighted by Gasteiger charge is -2.05. The summed E-state index contributed by atoms with van der Waals surface area (Å²) in [5.41, 5.74) is -2.31. The number of carbonyl (C=O) groups is 2. The molecule has 84 valence electrons. The molecule has 0 fully saturated rings. The first kappa shape index (κ1) is 11.6. The fourth-order valence-corrected chi connectivity index (χ4v) is 1.13. The molecular weight excluding hydrogens is 223 g/mol. The van der Waals surface area contributed by atoms with Crippen LogP contribution in [-0.4, -0.2) is 22.4 Å². The van der Waals surface area contributed by atoms with Gasteiger partial charge in [0.2, 0.25) is 6.41 Å². The first-order chi connectivity index (χ1) is 7.49. The van der Waals surface area contributed by atoms with E-state index in [1.807, 2.05) is 0 Å². The molecule has 1 amide bonds. The summed E-state index contributed by atoms with van der Waals surface area (Å²) in [6.45, 7) is 0. The van der Waals surface area contributed by atoms with E-state index in [4.69, 9.17) is 5.11 Å². The van der Waals surface area contributed by atoms with Gasteiger partial charge < -0.3 is 10.4 Å². The molecule has 0 bridgehead atoms. The minimum atomic E-state index is -1.70. The standard InChI is InChI=1S/C8H5FN2O5/c9-4-1-2-5(11(15)16)7(10-3-12)6(4)8(13)14/h1-3H,(H,10,12)(H,13,14). The van der Waals surface area contributed by atoms with Crippen molar-refractivity contribution in [3.05, 3.63) is 33.6 Å². The van der Waals surface area contributed by atoms with Crippen LogP contribution in [0.15, 0.2) is 12.1 Å². The van der Waals surface area contributed by atoms with Crippen molar-refractivity contribution in [2.45, 2.75) is 0 Å². The molecule has 0 aromatic heterocycles. The Morgan fingerprint density at radius 1 is 1.56 bits per heavy atom. The predicted octanol–water partition coefficient (Wildman–Crippen LogP) is 1.00. The van der Waals surface area contributed by atoms with Crippen LogP contribution in [0.4, 0.5) is 15.8 Å². The Morgan fingerprint density at radius 3 is 2.62 bits per heavy atom. The van der Waals surface area contributed by atoms with Gasteiger partial charge in [0.25, 0.3) is 5.69 Å². The molecule has 2 N–H and O–H groups in total. The Bertz CT molecular complexity index is 474. The highest BCUT2D eigenvalue weighted by molar-refractivity contribution is 5.99. The van der Waals surface area contributed by atoms with Crippen molar-refractivity contribution in [3.8, 4) is 0 Å². The van der Waals surface area contributed by atoms with Crippen LogP contribution in [0.25, 0.3) is 0 Å². The number of hydrogen-bond acceptors (Lipinski definition) is 4. The Kier molecular flexibility index (Phi) is 3.14. The summed E-state index contributed by atoms with van der Waals surface area (Å²) in [7, 11) is 0. The van der Waals surface area contributed by atoms with Crippen LogP contribution in [0.1, 0.15) is 10.4 Å². The highest BCUT2D eigenvalue weighted by atomic mass is 19.1. The molecule has 0 aliphatic heterocycles. The highest BCUT2D eigenvalue weighted by Gasteiger charge is 2.25. The fraction of sp³-hybridized carbons (Fsp3) is 0. The lowest BCUT2D eigenvalue weighted by atomic mass is 10.1. The minimum absolute atomic E-state index is 0.0359. The Hall–Kier alpha value is -2.51. The number of carboxylic acid groups (broad SMARTS) is 1. The second-order valence-electron chi connectivity index (χ2n) is 2.64. The van der Waals surface area contributed by atoms with Gasteiger partial charge in [0, 0.05) is 6.07 Å². The summed E-state index contributed by atoms with van der Waals surface area (Å²) in [6, 6.07) is 1.42. The van der Waals surface area contributed by atoms with Gasteiger partial charge in [-0.25, -0.2) is 9.18 Å². The second-order valence-corrected chi connectivity index (χ2v) is 2.64. The molecule has 0 atom stereocenters. The van der Waals surface area contributed by atoms with Crippen LogP contribution in [0.2, 0.25) is 0 Å². The fourth-order valence-electron chi connectivity index (χ4n) is 1.13. The largest absolute Gasteiger partial charge is 0.478 e. The van der Waals surface area contributed by atoms with Crippen molar-refractivity contribution in [2.75, 3.05) is 5.32 Å². The van der Waals surface area contributed by atoms with Gasteiger partial charge in [-0.05, 0) is 6.07 Å². The van der Waals surface area contributed by atoms with E-state index < -0.39 is 33.6 Å². The third kappa shape index (κ3) is 1.95. The van der Waals surface area contributed by atoms with Crippen LogP contribution in [0.5, 0.6) is 0 Å². The molecule has 0 saturated heterocycles. The number of aromatic carboxylic acids is 1. The van der Waals surface area contributed by atoms with Crippen LogP contribution in [0.3, 0.4) is 0 Å². The topological polar surface area (TPSA) is 110 Å². The van der Waals surface area contributed by atoms with Gasteiger partial charge in [-0.1, -0.05) is 0 Å². The lowest BCUT2D eigenvalue weighted by Crippen LogP contribution is -2.10. The molecule has 0 unspecified atom stereocenters. The smallest absolute Gasteiger partial charge is 0.341 e. The number of hydrogen-bond donors (Lipinski definition) is 2. The van der Waals surface area contributed by atoms with E-state index in [1.54, 1.807) is 5.32 Å². The number of carbonyl (C=O) groups excluding carboxylic acids is 1. The molecule has 0 spiro atoms. The maximum atomic E-state index is 13.1. The van der Waals surface area contributed by atoms with E-state index in [0.29, 0.717) is 6.07 Å². The van der Waals surface area contributed by atoms with Gasteiger partial charge in [-0.15, -0.1) is 0 Å². The molecule has 0 aliphatic rings. The van der Waals surface area contributed by atoms with E-state index in [-0.39, 0.29) is 6.41 Å². The summed E-state index contributed by atoms with van der Waals surface area (Å²) >= 11 is 0. The van der Waals surface area contributed by atoms with Crippen molar-refractivity contribution in [3.63, 3.8) is 0 Å². The number of nitro benzene ring substituents is 1. The molecule has 0 saturated carbocycles. The monoisotopic (exact) mass is 228 g/mol. The van der Waals surface area contributed by atoms with E-state index >= 15 is 0 Å². The normalized spacial score (nSPS) is 9.56. The van der Waals surface area contributed by atoms with E-state index in [9.17, 15) is 24.1 Å². The third-order valence-electron chi connectivity index (χ3n) is 1.75. The molecule has 16 heavy (non-hydrogen) atoms. The summed E-state index contributed by atoms with van der Waals surface area (Å²) in [6.07, 6.45) is 0.0359. The summed E-state index contributed by atoms with van der Waals surface area (Å²) in [4.78, 5) is 30.5. The van der Waals surface area contributed by atoms with E-state index in [2.05, 4.69) is 0 Å². The minimum Gasteiger partial charge on any atom is -0.478 e. The average Bonchev–Trinajstić information content (AvgIpc) is 2.17. The number of nitro groups is 1. The van der Waals surface area contributed by atoms with Gasteiger partial charge in [0.15, 0.2) is 0 Å². The summed E-state index contributed by atoms with van der Waals surface area (Å²) in [5.74, 6) is -2.87. The number of benzene rings is 1. The van der Waals surface area contributed by atoms with Crippen molar-refractivity contribution >= 4 is 23.8 Å². The van der Waals surface area contributed by atoms with Crippen LogP contribution < -0.4 is 5.32 Å². The summed E-state index contributed by atoms with van der Waals surface area (Å²) in [5, 5.41) is 21.0. The zero-order valence-corrected chi connectivity index (χ0v) is 7.64. The Labute approximate surface area is 87.6 Å². The van der Waals surface area contributed by atoms with Crippen molar-refractivity contribution in [1.82, 2.24) is 0 Å². The Morgan fingerprint density at radius 2 is 2.19 bits per heavy atom. The molecule has 1 rings (SSSR count). The first-order valence-electron chi connectivity index (χ1n) is 3.89. The second kappa shape index (κ2) is 4.34. The molecule has 0 heterocycles. The maximum absolute atomic E-state index is 13.1. The number of nitrogens with zero attached hydrogens (tertiary/aromatic N) is 1. The molecule has 0 radical (unpaired) electrons. The van der Waals surface area contributed by atoms with E-state index in [1.165, 1.54) is 0 Å². The SMILES string of the molecule is O=CNc1c([N+](=O)[O-])ccc(F)c1C(=O)O. The molecule has 1 aromatic rings. The average molecular weight is 228 g/mol. The van der Waals surface area contributed by atoms with Gasteiger partial charge in [0.05, 0.1) is 4.92 Å². The van der Waals surface area contributed by atoms with E-state index in [0.717, 1.165) is 6.07 Å². The number of carboxylic acids is 1. The van der Waals surface area contributed by atoms with Crippen LogP contribution >= 0.6 is 0 Å².